The second-order valence-corrected chi connectivity index (χ2v) is 4.85. The zero-order chi connectivity index (χ0) is 16.4. The predicted octanol–water partition coefficient (Wildman–Crippen LogP) is 3.77. The minimum absolute atomic E-state index is 0.151. The largest absolute Gasteiger partial charge is 0.494 e. The van der Waals surface area contributed by atoms with Crippen molar-refractivity contribution in [1.29, 1.82) is 0 Å². The van der Waals surface area contributed by atoms with Crippen molar-refractivity contribution >= 4 is 16.7 Å². The molecule has 0 aliphatic carbocycles. The van der Waals surface area contributed by atoms with E-state index in [-0.39, 0.29) is 16.8 Å². The lowest BCUT2D eigenvalue weighted by molar-refractivity contribution is -0.384. The Hall–Kier alpha value is -3.15. The molecule has 1 heterocycles. The molecule has 0 bridgehead atoms. The molecule has 0 aliphatic heterocycles. The lowest BCUT2D eigenvalue weighted by atomic mass is 10.0. The number of hydrogen-bond donors (Lipinski definition) is 0. The van der Waals surface area contributed by atoms with Crippen molar-refractivity contribution in [3.8, 4) is 16.9 Å². The van der Waals surface area contributed by atoms with Crippen molar-refractivity contribution in [3.63, 3.8) is 0 Å². The first-order chi connectivity index (χ1) is 11.1. The van der Waals surface area contributed by atoms with Crippen LogP contribution >= 0.6 is 0 Å². The molecule has 0 atom stereocenters. The molecule has 116 valence electrons. The Bertz CT molecular complexity index is 945. The highest BCUT2D eigenvalue weighted by Gasteiger charge is 2.20. The zero-order valence-electron chi connectivity index (χ0n) is 12.3. The van der Waals surface area contributed by atoms with Gasteiger partial charge in [-0.05, 0) is 31.2 Å². The number of ether oxygens (including phenoxy) is 1. The first kappa shape index (κ1) is 14.8. The summed E-state index contributed by atoms with van der Waals surface area (Å²) in [7, 11) is 0. The van der Waals surface area contributed by atoms with Gasteiger partial charge in [-0.25, -0.2) is 4.79 Å². The normalized spacial score (nSPS) is 10.7. The Morgan fingerprint density at radius 1 is 1.13 bits per heavy atom. The smallest absolute Gasteiger partial charge is 0.344 e. The monoisotopic (exact) mass is 311 g/mol. The van der Waals surface area contributed by atoms with Crippen LogP contribution in [0.1, 0.15) is 6.92 Å². The van der Waals surface area contributed by atoms with Gasteiger partial charge in [-0.2, -0.15) is 0 Å². The van der Waals surface area contributed by atoms with Crippen molar-refractivity contribution in [2.45, 2.75) is 6.92 Å². The van der Waals surface area contributed by atoms with Gasteiger partial charge in [0, 0.05) is 5.39 Å². The average Bonchev–Trinajstić information content (AvgIpc) is 2.54. The molecule has 0 spiro atoms. The summed E-state index contributed by atoms with van der Waals surface area (Å²) in [6, 6.07) is 13.0. The van der Waals surface area contributed by atoms with Crippen LogP contribution < -0.4 is 10.4 Å². The summed E-state index contributed by atoms with van der Waals surface area (Å²) in [4.78, 5) is 23.0. The van der Waals surface area contributed by atoms with Crippen molar-refractivity contribution in [2.75, 3.05) is 6.61 Å². The van der Waals surface area contributed by atoms with E-state index < -0.39 is 10.5 Å². The highest BCUT2D eigenvalue weighted by molar-refractivity contribution is 5.84. The van der Waals surface area contributed by atoms with Crippen LogP contribution in [0.25, 0.3) is 22.1 Å². The maximum atomic E-state index is 12.2. The molecule has 0 saturated heterocycles. The number of nitro benzene ring substituents is 1. The Labute approximate surface area is 131 Å². The van der Waals surface area contributed by atoms with Crippen LogP contribution in [0.4, 0.5) is 5.69 Å². The minimum atomic E-state index is -0.615. The van der Waals surface area contributed by atoms with Crippen molar-refractivity contribution in [2.24, 2.45) is 0 Å². The summed E-state index contributed by atoms with van der Waals surface area (Å²) in [6.07, 6.45) is 0. The molecule has 0 radical (unpaired) electrons. The zero-order valence-corrected chi connectivity index (χ0v) is 12.3. The van der Waals surface area contributed by atoms with Gasteiger partial charge in [0.15, 0.2) is 0 Å². The number of nitrogens with zero attached hydrogens (tertiary/aromatic N) is 1. The molecule has 6 heteroatoms. The molecular formula is C17H13NO5. The van der Waals surface area contributed by atoms with Gasteiger partial charge in [0.2, 0.25) is 0 Å². The van der Waals surface area contributed by atoms with Gasteiger partial charge in [-0.1, -0.05) is 18.2 Å². The number of nitro groups is 1. The number of para-hydroxylation sites is 1. The van der Waals surface area contributed by atoms with Crippen LogP contribution in [0.2, 0.25) is 0 Å². The molecule has 0 unspecified atom stereocenters. The summed E-state index contributed by atoms with van der Waals surface area (Å²) < 4.78 is 10.5. The molecule has 0 saturated carbocycles. The van der Waals surface area contributed by atoms with E-state index in [2.05, 4.69) is 0 Å². The SMILES string of the molecule is CCOc1ccc(-c2cc3ccccc3oc2=O)c([N+](=O)[O-])c1. The Morgan fingerprint density at radius 3 is 2.65 bits per heavy atom. The van der Waals surface area contributed by atoms with Crippen LogP contribution in [-0.4, -0.2) is 11.5 Å². The third-order valence-electron chi connectivity index (χ3n) is 3.41. The maximum absolute atomic E-state index is 12.2. The van der Waals surface area contributed by atoms with Gasteiger partial charge in [0.1, 0.15) is 11.3 Å². The fourth-order valence-electron chi connectivity index (χ4n) is 2.40. The summed E-state index contributed by atoms with van der Waals surface area (Å²) >= 11 is 0. The van der Waals surface area contributed by atoms with Gasteiger partial charge in [-0.3, -0.25) is 10.1 Å². The third kappa shape index (κ3) is 2.78. The lowest BCUT2D eigenvalue weighted by Crippen LogP contribution is -2.05. The Kier molecular flexibility index (Phi) is 3.80. The lowest BCUT2D eigenvalue weighted by Gasteiger charge is -2.07. The van der Waals surface area contributed by atoms with Crippen LogP contribution in [0.3, 0.4) is 0 Å². The quantitative estimate of drug-likeness (QED) is 0.416. The number of fused-ring (bicyclic) bond motifs is 1. The fraction of sp³-hybridized carbons (Fsp3) is 0.118. The highest BCUT2D eigenvalue weighted by atomic mass is 16.6. The maximum Gasteiger partial charge on any atom is 0.344 e. The first-order valence-corrected chi connectivity index (χ1v) is 7.04. The second kappa shape index (κ2) is 5.92. The van der Waals surface area contributed by atoms with Crippen LogP contribution in [0.5, 0.6) is 5.75 Å². The van der Waals surface area contributed by atoms with Crippen LogP contribution in [0.15, 0.2) is 57.7 Å². The minimum Gasteiger partial charge on any atom is -0.494 e. The molecule has 3 aromatic rings. The molecule has 0 fully saturated rings. The molecule has 3 rings (SSSR count). The molecule has 23 heavy (non-hydrogen) atoms. The number of hydrogen-bond acceptors (Lipinski definition) is 5. The number of benzene rings is 2. The molecule has 0 aliphatic rings. The molecule has 6 nitrogen and oxygen atoms in total. The van der Waals surface area contributed by atoms with E-state index >= 15 is 0 Å². The van der Waals surface area contributed by atoms with Gasteiger partial charge in [0.05, 0.1) is 28.7 Å². The summed E-state index contributed by atoms with van der Waals surface area (Å²) in [5.41, 5.74) is -0.0132. The van der Waals surface area contributed by atoms with E-state index in [0.717, 1.165) is 0 Å². The van der Waals surface area contributed by atoms with Crippen LogP contribution in [0, 0.1) is 10.1 Å². The van der Waals surface area contributed by atoms with Crippen LogP contribution in [-0.2, 0) is 0 Å². The molecular weight excluding hydrogens is 298 g/mol. The van der Waals surface area contributed by atoms with E-state index in [1.165, 1.54) is 12.1 Å². The van der Waals surface area contributed by atoms with E-state index in [9.17, 15) is 14.9 Å². The van der Waals surface area contributed by atoms with Gasteiger partial charge >= 0.3 is 5.63 Å². The van der Waals surface area contributed by atoms with E-state index in [4.69, 9.17) is 9.15 Å². The third-order valence-corrected chi connectivity index (χ3v) is 3.41. The van der Waals surface area contributed by atoms with Gasteiger partial charge in [-0.15, -0.1) is 0 Å². The highest BCUT2D eigenvalue weighted by Crippen LogP contribution is 2.32. The van der Waals surface area contributed by atoms with Crippen molar-refractivity contribution in [1.82, 2.24) is 0 Å². The summed E-state index contributed by atoms with van der Waals surface area (Å²) in [5.74, 6) is 0.383. The first-order valence-electron chi connectivity index (χ1n) is 7.04. The van der Waals surface area contributed by atoms with Gasteiger partial charge in [0.25, 0.3) is 5.69 Å². The molecule has 0 amide bonds. The number of rotatable bonds is 4. The summed E-state index contributed by atoms with van der Waals surface area (Å²) in [6.45, 7) is 2.19. The predicted molar refractivity (Wildman–Crippen MR) is 85.7 cm³/mol. The standard InChI is InChI=1S/C17H13NO5/c1-2-22-12-7-8-13(15(10-12)18(20)21)14-9-11-5-3-4-6-16(11)23-17(14)19/h3-10H,2H2,1H3. The topological polar surface area (TPSA) is 82.6 Å². The molecule has 1 aromatic heterocycles. The van der Waals surface area contributed by atoms with Crippen molar-refractivity contribution in [3.05, 3.63) is 69.1 Å². The summed E-state index contributed by atoms with van der Waals surface area (Å²) in [5, 5.41) is 12.0. The average molecular weight is 311 g/mol. The van der Waals surface area contributed by atoms with E-state index in [1.807, 2.05) is 0 Å². The Morgan fingerprint density at radius 2 is 1.91 bits per heavy atom. The van der Waals surface area contributed by atoms with E-state index in [1.54, 1.807) is 43.3 Å². The van der Waals surface area contributed by atoms with E-state index in [0.29, 0.717) is 23.3 Å². The van der Waals surface area contributed by atoms with Crippen molar-refractivity contribution < 1.29 is 14.1 Å². The molecule has 2 aromatic carbocycles. The van der Waals surface area contributed by atoms with Gasteiger partial charge < -0.3 is 9.15 Å². The second-order valence-electron chi connectivity index (χ2n) is 4.85. The Balaban J connectivity index is 2.23. The molecule has 0 N–H and O–H groups in total. The fourth-order valence-corrected chi connectivity index (χ4v) is 2.40.